The van der Waals surface area contributed by atoms with Crippen LogP contribution in [-0.4, -0.2) is 33.3 Å². The van der Waals surface area contributed by atoms with Gasteiger partial charge in [-0.05, 0) is 48.5 Å². The maximum atomic E-state index is 13.1. The number of amidine groups is 1. The average molecular weight is 446 g/mol. The van der Waals surface area contributed by atoms with Gasteiger partial charge in [0.2, 0.25) is 11.8 Å². The summed E-state index contributed by atoms with van der Waals surface area (Å²) >= 11 is 1.19. The molecule has 2 N–H and O–H groups in total. The number of benzene rings is 3. The van der Waals surface area contributed by atoms with Gasteiger partial charge in [0.15, 0.2) is 5.17 Å². The number of nitrogens with zero attached hydrogens (tertiary/aromatic N) is 2. The number of carboxylic acid groups (broad SMARTS) is 1. The summed E-state index contributed by atoms with van der Waals surface area (Å²) in [5, 5.41) is 12.1. The number of carbonyl (C=O) groups excluding carboxylic acids is 2. The van der Waals surface area contributed by atoms with E-state index < -0.39 is 11.2 Å². The van der Waals surface area contributed by atoms with Crippen LogP contribution in [0.5, 0.6) is 0 Å². The molecule has 0 bridgehead atoms. The monoisotopic (exact) mass is 445 g/mol. The van der Waals surface area contributed by atoms with Gasteiger partial charge in [0, 0.05) is 12.1 Å². The highest BCUT2D eigenvalue weighted by Crippen LogP contribution is 2.31. The van der Waals surface area contributed by atoms with Crippen LogP contribution in [0.1, 0.15) is 16.8 Å². The molecule has 0 aliphatic carbocycles. The standard InChI is InChI=1S/C24H19N3O4S/c28-21-15-20(22(29)27(21)19-13-11-16(12-14-19)23(30)31)32-24(25-17-7-3-1-4-8-17)26-18-9-5-2-6-10-18/h1-14,20H,15H2,(H,25,26)(H,30,31)/t20-/m0/s1. The van der Waals surface area contributed by atoms with Crippen LogP contribution in [0.3, 0.4) is 0 Å². The number of hydrogen-bond donors (Lipinski definition) is 2. The van der Waals surface area contributed by atoms with Crippen molar-refractivity contribution in [2.75, 3.05) is 10.2 Å². The number of para-hydroxylation sites is 2. The molecule has 0 aromatic heterocycles. The molecule has 2 amide bonds. The summed E-state index contributed by atoms with van der Waals surface area (Å²) in [6, 6.07) is 24.5. The lowest BCUT2D eigenvalue weighted by Crippen LogP contribution is -2.31. The van der Waals surface area contributed by atoms with E-state index in [0.29, 0.717) is 10.9 Å². The van der Waals surface area contributed by atoms with Crippen LogP contribution in [0.15, 0.2) is 89.9 Å². The molecule has 3 aromatic rings. The van der Waals surface area contributed by atoms with Gasteiger partial charge >= 0.3 is 5.97 Å². The van der Waals surface area contributed by atoms with Crippen LogP contribution >= 0.6 is 11.8 Å². The number of imide groups is 1. The van der Waals surface area contributed by atoms with Crippen molar-refractivity contribution in [1.29, 1.82) is 0 Å². The Bertz CT molecular complexity index is 1160. The number of hydrogen-bond acceptors (Lipinski definition) is 5. The van der Waals surface area contributed by atoms with E-state index in [0.717, 1.165) is 16.3 Å². The van der Waals surface area contributed by atoms with Gasteiger partial charge in [0.1, 0.15) is 5.25 Å². The summed E-state index contributed by atoms with van der Waals surface area (Å²) in [5.41, 5.74) is 1.97. The highest BCUT2D eigenvalue weighted by atomic mass is 32.2. The fourth-order valence-electron chi connectivity index (χ4n) is 3.20. The smallest absolute Gasteiger partial charge is 0.335 e. The largest absolute Gasteiger partial charge is 0.478 e. The van der Waals surface area contributed by atoms with E-state index in [4.69, 9.17) is 5.11 Å². The molecule has 0 unspecified atom stereocenters. The second-order valence-corrected chi connectivity index (χ2v) is 8.16. The zero-order chi connectivity index (χ0) is 22.5. The Morgan fingerprint density at radius 2 is 1.56 bits per heavy atom. The van der Waals surface area contributed by atoms with E-state index in [1.807, 2.05) is 60.7 Å². The predicted molar refractivity (Wildman–Crippen MR) is 125 cm³/mol. The summed E-state index contributed by atoms with van der Waals surface area (Å²) < 4.78 is 0. The molecule has 7 nitrogen and oxygen atoms in total. The van der Waals surface area contributed by atoms with Crippen molar-refractivity contribution in [3.05, 3.63) is 90.5 Å². The zero-order valence-electron chi connectivity index (χ0n) is 16.8. The Morgan fingerprint density at radius 3 is 2.19 bits per heavy atom. The molecule has 160 valence electrons. The highest BCUT2D eigenvalue weighted by Gasteiger charge is 2.40. The summed E-state index contributed by atoms with van der Waals surface area (Å²) in [6.45, 7) is 0. The third kappa shape index (κ3) is 4.87. The van der Waals surface area contributed by atoms with Crippen LogP contribution in [-0.2, 0) is 9.59 Å². The van der Waals surface area contributed by atoms with Crippen molar-refractivity contribution in [2.45, 2.75) is 11.7 Å². The number of carbonyl (C=O) groups is 3. The Hall–Kier alpha value is -3.91. The first-order chi connectivity index (χ1) is 15.5. The van der Waals surface area contributed by atoms with Crippen molar-refractivity contribution < 1.29 is 19.5 Å². The van der Waals surface area contributed by atoms with E-state index in [-0.39, 0.29) is 23.8 Å². The predicted octanol–water partition coefficient (Wildman–Crippen LogP) is 4.55. The van der Waals surface area contributed by atoms with Gasteiger partial charge in [-0.1, -0.05) is 48.2 Å². The van der Waals surface area contributed by atoms with Crippen LogP contribution in [0.25, 0.3) is 0 Å². The van der Waals surface area contributed by atoms with Gasteiger partial charge in [-0.25, -0.2) is 14.7 Å². The number of rotatable bonds is 5. The first-order valence-electron chi connectivity index (χ1n) is 9.84. The average Bonchev–Trinajstić information content (AvgIpc) is 3.08. The molecule has 0 saturated carbocycles. The molecule has 3 aromatic carbocycles. The quantitative estimate of drug-likeness (QED) is 0.340. The van der Waals surface area contributed by atoms with Crippen LogP contribution in [0, 0.1) is 0 Å². The van der Waals surface area contributed by atoms with Gasteiger partial charge in [0.25, 0.3) is 0 Å². The molecule has 1 fully saturated rings. The SMILES string of the molecule is O=C(O)c1ccc(N2C(=O)C[C@H](SC(=Nc3ccccc3)Nc3ccccc3)C2=O)cc1. The molecule has 1 atom stereocenters. The minimum absolute atomic E-state index is 0.0223. The summed E-state index contributed by atoms with van der Waals surface area (Å²) in [7, 11) is 0. The Balaban J connectivity index is 1.57. The second kappa shape index (κ2) is 9.49. The number of aliphatic imine (C=N–C) groups is 1. The Morgan fingerprint density at radius 1 is 0.938 bits per heavy atom. The molecule has 1 aliphatic rings. The molecule has 1 aliphatic heterocycles. The molecule has 8 heteroatoms. The molecular formula is C24H19N3O4S. The first-order valence-corrected chi connectivity index (χ1v) is 10.7. The fourth-order valence-corrected chi connectivity index (χ4v) is 4.24. The minimum atomic E-state index is -1.07. The normalized spacial score (nSPS) is 16.3. The summed E-state index contributed by atoms with van der Waals surface area (Å²) in [6.07, 6.45) is 0.0223. The third-order valence-corrected chi connectivity index (χ3v) is 5.81. The van der Waals surface area contributed by atoms with Gasteiger partial charge in [-0.2, -0.15) is 0 Å². The van der Waals surface area contributed by atoms with E-state index >= 15 is 0 Å². The molecule has 0 radical (unpaired) electrons. The molecule has 1 heterocycles. The fraction of sp³-hybridized carbons (Fsp3) is 0.0833. The number of carboxylic acids is 1. The number of thioether (sulfide) groups is 1. The number of aromatic carboxylic acids is 1. The van der Waals surface area contributed by atoms with E-state index in [2.05, 4.69) is 10.3 Å². The number of amides is 2. The van der Waals surface area contributed by atoms with Crippen molar-refractivity contribution in [3.63, 3.8) is 0 Å². The summed E-state index contributed by atoms with van der Waals surface area (Å²) in [5.74, 6) is -1.77. The highest BCUT2D eigenvalue weighted by molar-refractivity contribution is 8.15. The van der Waals surface area contributed by atoms with E-state index in [1.54, 1.807) is 0 Å². The summed E-state index contributed by atoms with van der Waals surface area (Å²) in [4.78, 5) is 42.5. The van der Waals surface area contributed by atoms with Crippen molar-refractivity contribution in [1.82, 2.24) is 0 Å². The molecule has 32 heavy (non-hydrogen) atoms. The van der Waals surface area contributed by atoms with Gasteiger partial charge in [0.05, 0.1) is 16.9 Å². The van der Waals surface area contributed by atoms with Gasteiger partial charge in [-0.3, -0.25) is 9.59 Å². The molecule has 0 spiro atoms. The van der Waals surface area contributed by atoms with Crippen LogP contribution < -0.4 is 10.2 Å². The van der Waals surface area contributed by atoms with Crippen LogP contribution in [0.4, 0.5) is 17.1 Å². The molecule has 4 rings (SSSR count). The van der Waals surface area contributed by atoms with Crippen LogP contribution in [0.2, 0.25) is 0 Å². The van der Waals surface area contributed by atoms with E-state index in [1.165, 1.54) is 36.0 Å². The molecular weight excluding hydrogens is 426 g/mol. The minimum Gasteiger partial charge on any atom is -0.478 e. The van der Waals surface area contributed by atoms with Gasteiger partial charge in [-0.15, -0.1) is 0 Å². The number of nitrogens with one attached hydrogen (secondary N) is 1. The van der Waals surface area contributed by atoms with Gasteiger partial charge < -0.3 is 10.4 Å². The topological polar surface area (TPSA) is 99.1 Å². The Labute approximate surface area is 188 Å². The van der Waals surface area contributed by atoms with Crippen molar-refractivity contribution >= 4 is 51.8 Å². The maximum Gasteiger partial charge on any atom is 0.335 e. The van der Waals surface area contributed by atoms with E-state index in [9.17, 15) is 14.4 Å². The first kappa shape index (κ1) is 21.3. The Kier molecular flexibility index (Phi) is 6.32. The number of anilines is 2. The lowest BCUT2D eigenvalue weighted by atomic mass is 10.2. The maximum absolute atomic E-state index is 13.1. The second-order valence-electron chi connectivity index (χ2n) is 6.97. The van der Waals surface area contributed by atoms with Crippen molar-refractivity contribution in [2.24, 2.45) is 4.99 Å². The lowest BCUT2D eigenvalue weighted by molar-refractivity contribution is -0.121. The zero-order valence-corrected chi connectivity index (χ0v) is 17.7. The lowest BCUT2D eigenvalue weighted by Gasteiger charge is -2.16. The molecule has 1 saturated heterocycles. The third-order valence-electron chi connectivity index (χ3n) is 4.74. The van der Waals surface area contributed by atoms with Crippen molar-refractivity contribution in [3.8, 4) is 0 Å².